The van der Waals surface area contributed by atoms with Crippen LogP contribution in [-0.2, 0) is 0 Å². The van der Waals surface area contributed by atoms with Gasteiger partial charge in [0.2, 0.25) is 0 Å². The highest BCUT2D eigenvalue weighted by molar-refractivity contribution is 6.24. The van der Waals surface area contributed by atoms with E-state index in [-0.39, 0.29) is 22.6 Å². The fourth-order valence-electron chi connectivity index (χ4n) is 1.91. The molecule has 0 spiro atoms. The molecule has 2 heterocycles. The lowest BCUT2D eigenvalue weighted by Crippen LogP contribution is -2.20. The molecule has 3 amide bonds. The first-order valence-corrected chi connectivity index (χ1v) is 5.50. The van der Waals surface area contributed by atoms with Gasteiger partial charge in [-0.2, -0.15) is 0 Å². The summed E-state index contributed by atoms with van der Waals surface area (Å²) in [6, 6.07) is 7.76. The summed E-state index contributed by atoms with van der Waals surface area (Å²) in [5.74, 6) is -1.34. The van der Waals surface area contributed by atoms with Gasteiger partial charge in [0.05, 0.1) is 23.1 Å². The van der Waals surface area contributed by atoms with Crippen molar-refractivity contribution in [2.45, 2.75) is 0 Å². The summed E-state index contributed by atoms with van der Waals surface area (Å²) in [5.41, 5.74) is 0.705. The number of carbonyl (C=O) groups excluding carboxylic acids is 3. The molecule has 6 nitrogen and oxygen atoms in total. The van der Waals surface area contributed by atoms with Crippen molar-refractivity contribution in [3.63, 3.8) is 0 Å². The number of anilines is 1. The number of benzene rings is 1. The molecule has 0 saturated carbocycles. The molecule has 0 bridgehead atoms. The lowest BCUT2D eigenvalue weighted by molar-refractivity contribution is 0.0879. The predicted octanol–water partition coefficient (Wildman–Crippen LogP) is 1.42. The van der Waals surface area contributed by atoms with Crippen molar-refractivity contribution in [3.05, 3.63) is 53.5 Å². The van der Waals surface area contributed by atoms with Crippen LogP contribution in [-0.4, -0.2) is 17.7 Å². The first-order chi connectivity index (χ1) is 9.16. The fourth-order valence-corrected chi connectivity index (χ4v) is 1.91. The summed E-state index contributed by atoms with van der Waals surface area (Å²) in [6.07, 6.45) is 1.38. The van der Waals surface area contributed by atoms with E-state index in [9.17, 15) is 14.4 Å². The second-order valence-corrected chi connectivity index (χ2v) is 3.94. The van der Waals surface area contributed by atoms with Crippen LogP contribution in [0.15, 0.2) is 41.0 Å². The first-order valence-electron chi connectivity index (χ1n) is 5.50. The number of imide groups is 1. The number of amides is 3. The van der Waals surface area contributed by atoms with Crippen molar-refractivity contribution >= 4 is 23.4 Å². The number of hydrogen-bond donors (Lipinski definition) is 2. The molecule has 1 aromatic heterocycles. The van der Waals surface area contributed by atoms with Crippen LogP contribution in [0, 0.1) is 0 Å². The third-order valence-electron chi connectivity index (χ3n) is 2.76. The third kappa shape index (κ3) is 1.79. The third-order valence-corrected chi connectivity index (χ3v) is 2.76. The van der Waals surface area contributed by atoms with Gasteiger partial charge in [-0.05, 0) is 24.3 Å². The van der Waals surface area contributed by atoms with E-state index in [1.54, 1.807) is 18.2 Å². The van der Waals surface area contributed by atoms with E-state index < -0.39 is 17.7 Å². The molecule has 0 radical (unpaired) electrons. The van der Waals surface area contributed by atoms with Crippen molar-refractivity contribution in [1.82, 2.24) is 5.32 Å². The highest BCUT2D eigenvalue weighted by atomic mass is 16.3. The summed E-state index contributed by atoms with van der Waals surface area (Å²) >= 11 is 0. The Bertz CT molecular complexity index is 689. The van der Waals surface area contributed by atoms with Crippen LogP contribution in [0.25, 0.3) is 0 Å². The van der Waals surface area contributed by atoms with Crippen molar-refractivity contribution in [2.75, 3.05) is 5.32 Å². The largest absolute Gasteiger partial charge is 0.459 e. The Hall–Kier alpha value is -2.89. The van der Waals surface area contributed by atoms with Gasteiger partial charge < -0.3 is 9.73 Å². The molecule has 2 aromatic rings. The number of fused-ring (bicyclic) bond motifs is 1. The van der Waals surface area contributed by atoms with E-state index in [1.165, 1.54) is 18.4 Å². The monoisotopic (exact) mass is 256 g/mol. The van der Waals surface area contributed by atoms with E-state index in [0.29, 0.717) is 0 Å². The second-order valence-electron chi connectivity index (χ2n) is 3.94. The maximum absolute atomic E-state index is 11.8. The Morgan fingerprint density at radius 1 is 1.11 bits per heavy atom. The van der Waals surface area contributed by atoms with E-state index in [1.807, 2.05) is 0 Å². The van der Waals surface area contributed by atoms with Gasteiger partial charge in [0.25, 0.3) is 17.7 Å². The van der Waals surface area contributed by atoms with Crippen molar-refractivity contribution in [3.8, 4) is 0 Å². The molecule has 19 heavy (non-hydrogen) atoms. The lowest BCUT2D eigenvalue weighted by atomic mass is 10.1. The molecule has 1 aliphatic rings. The van der Waals surface area contributed by atoms with Gasteiger partial charge in [0.1, 0.15) is 0 Å². The molecule has 0 aliphatic carbocycles. The number of rotatable bonds is 2. The smallest absolute Gasteiger partial charge is 0.291 e. The minimum atomic E-state index is -0.518. The van der Waals surface area contributed by atoms with Gasteiger partial charge in [-0.3, -0.25) is 19.7 Å². The van der Waals surface area contributed by atoms with Gasteiger partial charge in [0, 0.05) is 0 Å². The fraction of sp³-hybridized carbons (Fsp3) is 0. The Morgan fingerprint density at radius 2 is 1.95 bits per heavy atom. The predicted molar refractivity (Wildman–Crippen MR) is 64.9 cm³/mol. The number of nitrogens with one attached hydrogen (secondary N) is 2. The molecule has 1 aromatic carbocycles. The average molecular weight is 256 g/mol. The molecule has 94 valence electrons. The Balaban J connectivity index is 1.97. The molecular weight excluding hydrogens is 248 g/mol. The average Bonchev–Trinajstić information content (AvgIpc) is 3.00. The topological polar surface area (TPSA) is 88.4 Å². The molecule has 2 N–H and O–H groups in total. The highest BCUT2D eigenvalue weighted by Crippen LogP contribution is 2.24. The van der Waals surface area contributed by atoms with Crippen molar-refractivity contribution in [1.29, 1.82) is 0 Å². The molecular formula is C13H8N2O4. The molecule has 0 unspecified atom stereocenters. The van der Waals surface area contributed by atoms with Crippen LogP contribution >= 0.6 is 0 Å². The van der Waals surface area contributed by atoms with Gasteiger partial charge in [-0.1, -0.05) is 6.07 Å². The highest BCUT2D eigenvalue weighted by Gasteiger charge is 2.29. The number of carbonyl (C=O) groups is 3. The maximum atomic E-state index is 11.8. The van der Waals surface area contributed by atoms with Crippen molar-refractivity contribution < 1.29 is 18.8 Å². The zero-order valence-corrected chi connectivity index (χ0v) is 9.60. The van der Waals surface area contributed by atoms with Crippen LogP contribution in [0.4, 0.5) is 5.69 Å². The molecule has 6 heteroatoms. The van der Waals surface area contributed by atoms with Crippen LogP contribution in [0.1, 0.15) is 31.3 Å². The van der Waals surface area contributed by atoms with Crippen LogP contribution in [0.2, 0.25) is 0 Å². The molecule has 0 atom stereocenters. The van der Waals surface area contributed by atoms with Gasteiger partial charge in [-0.15, -0.1) is 0 Å². The van der Waals surface area contributed by atoms with Gasteiger partial charge in [-0.25, -0.2) is 0 Å². The Labute approximate surface area is 107 Å². The van der Waals surface area contributed by atoms with E-state index in [0.717, 1.165) is 0 Å². The van der Waals surface area contributed by atoms with Crippen LogP contribution < -0.4 is 10.6 Å². The number of furan rings is 1. The molecule has 3 rings (SSSR count). The summed E-state index contributed by atoms with van der Waals surface area (Å²) in [4.78, 5) is 35.0. The van der Waals surface area contributed by atoms with E-state index >= 15 is 0 Å². The quantitative estimate of drug-likeness (QED) is 0.795. The normalized spacial score (nSPS) is 13.1. The summed E-state index contributed by atoms with van der Waals surface area (Å²) in [5, 5.41) is 4.73. The summed E-state index contributed by atoms with van der Waals surface area (Å²) in [6.45, 7) is 0. The molecule has 1 aliphatic heterocycles. The SMILES string of the molecule is O=C(Nc1cccc2c1C(=O)NC2=O)c1ccco1. The maximum Gasteiger partial charge on any atom is 0.291 e. The first kappa shape index (κ1) is 11.2. The lowest BCUT2D eigenvalue weighted by Gasteiger charge is -2.06. The summed E-state index contributed by atoms with van der Waals surface area (Å²) in [7, 11) is 0. The summed E-state index contributed by atoms with van der Waals surface area (Å²) < 4.78 is 4.96. The minimum Gasteiger partial charge on any atom is -0.459 e. The standard InChI is InChI=1S/C13H8N2O4/c16-11-7-3-1-4-8(10(7)13(18)15-11)14-12(17)9-5-2-6-19-9/h1-6H,(H,14,17)(H,15,16,18). The molecule has 0 saturated heterocycles. The Kier molecular flexibility index (Phi) is 2.42. The zero-order chi connectivity index (χ0) is 13.4. The van der Waals surface area contributed by atoms with Crippen LogP contribution in [0.5, 0.6) is 0 Å². The van der Waals surface area contributed by atoms with Gasteiger partial charge >= 0.3 is 0 Å². The van der Waals surface area contributed by atoms with E-state index in [4.69, 9.17) is 4.42 Å². The molecule has 0 fully saturated rings. The minimum absolute atomic E-state index is 0.127. The van der Waals surface area contributed by atoms with E-state index in [2.05, 4.69) is 10.6 Å². The second kappa shape index (κ2) is 4.09. The van der Waals surface area contributed by atoms with Gasteiger partial charge in [0.15, 0.2) is 5.76 Å². The van der Waals surface area contributed by atoms with Crippen LogP contribution in [0.3, 0.4) is 0 Å². The number of hydrogen-bond acceptors (Lipinski definition) is 4. The Morgan fingerprint density at radius 3 is 2.68 bits per heavy atom. The zero-order valence-electron chi connectivity index (χ0n) is 9.60. The van der Waals surface area contributed by atoms with Crippen molar-refractivity contribution in [2.24, 2.45) is 0 Å².